The quantitative estimate of drug-likeness (QED) is 0.699. The summed E-state index contributed by atoms with van der Waals surface area (Å²) in [5.41, 5.74) is 0.727. The van der Waals surface area contributed by atoms with Crippen LogP contribution in [0.1, 0.15) is 19.8 Å². The summed E-state index contributed by atoms with van der Waals surface area (Å²) < 4.78 is 27.8. The van der Waals surface area contributed by atoms with Crippen molar-refractivity contribution < 1.29 is 18.0 Å². The number of aromatic nitrogens is 1. The number of fused-ring (bicyclic) bond motifs is 1. The van der Waals surface area contributed by atoms with Crippen LogP contribution in [0.2, 0.25) is 0 Å². The van der Waals surface area contributed by atoms with E-state index in [-0.39, 0.29) is 10.8 Å². The molecule has 0 aliphatic carbocycles. The number of sulfonamides is 1. The van der Waals surface area contributed by atoms with Crippen LogP contribution in [0.3, 0.4) is 0 Å². The van der Waals surface area contributed by atoms with E-state index in [1.165, 1.54) is 18.3 Å². The van der Waals surface area contributed by atoms with Gasteiger partial charge >= 0.3 is 0 Å². The number of nitrogens with one attached hydrogen (secondary N) is 2. The maximum atomic E-state index is 12.8. The average Bonchev–Trinajstić information content (AvgIpc) is 2.73. The van der Waals surface area contributed by atoms with E-state index in [1.54, 1.807) is 29.3 Å². The molecule has 10 heteroatoms. The molecular formula is C20H22N4O4S2. The first-order valence-corrected chi connectivity index (χ1v) is 12.0. The Hall–Kier alpha value is -2.59. The Morgan fingerprint density at radius 3 is 2.73 bits per heavy atom. The van der Waals surface area contributed by atoms with Gasteiger partial charge in [0.1, 0.15) is 0 Å². The molecule has 0 bridgehead atoms. The number of carbonyl (C=O) groups is 2. The number of likely N-dealkylation sites (tertiary alicyclic amines) is 1. The predicted molar refractivity (Wildman–Crippen MR) is 115 cm³/mol. The summed E-state index contributed by atoms with van der Waals surface area (Å²) >= 11 is 1.16. The highest BCUT2D eigenvalue weighted by atomic mass is 32.2. The first-order valence-electron chi connectivity index (χ1n) is 9.67. The molecule has 1 aromatic carbocycles. The van der Waals surface area contributed by atoms with Crippen molar-refractivity contribution in [3.8, 4) is 0 Å². The van der Waals surface area contributed by atoms with Crippen molar-refractivity contribution in [2.24, 2.45) is 5.92 Å². The van der Waals surface area contributed by atoms with Crippen LogP contribution in [0.25, 0.3) is 0 Å². The average molecular weight is 447 g/mol. The number of hydrogen-bond acceptors (Lipinski definition) is 6. The number of hydrogen-bond donors (Lipinski definition) is 2. The monoisotopic (exact) mass is 446 g/mol. The van der Waals surface area contributed by atoms with E-state index < -0.39 is 21.2 Å². The third-order valence-corrected chi connectivity index (χ3v) is 7.88. The third-order valence-electron chi connectivity index (χ3n) is 5.24. The fourth-order valence-corrected chi connectivity index (χ4v) is 5.57. The van der Waals surface area contributed by atoms with E-state index in [1.807, 2.05) is 0 Å². The lowest BCUT2D eigenvalue weighted by Crippen LogP contribution is -2.47. The molecule has 0 saturated carbocycles. The number of pyridine rings is 1. The van der Waals surface area contributed by atoms with Crippen LogP contribution in [0.4, 0.5) is 11.4 Å². The minimum atomic E-state index is -3.84. The zero-order chi connectivity index (χ0) is 21.3. The van der Waals surface area contributed by atoms with Gasteiger partial charge in [0.05, 0.1) is 22.5 Å². The van der Waals surface area contributed by atoms with Crippen LogP contribution in [-0.2, 0) is 19.6 Å². The topological polar surface area (TPSA) is 108 Å². The zero-order valence-corrected chi connectivity index (χ0v) is 18.0. The third kappa shape index (κ3) is 4.29. The number of amides is 2. The smallest absolute Gasteiger partial charge is 0.262 e. The lowest BCUT2D eigenvalue weighted by atomic mass is 9.99. The number of thioether (sulfide) groups is 1. The van der Waals surface area contributed by atoms with Gasteiger partial charge < -0.3 is 10.2 Å². The van der Waals surface area contributed by atoms with E-state index in [0.29, 0.717) is 35.3 Å². The van der Waals surface area contributed by atoms with Gasteiger partial charge in [-0.3, -0.25) is 19.3 Å². The van der Waals surface area contributed by atoms with Gasteiger partial charge in [-0.1, -0.05) is 6.92 Å². The Kier molecular flexibility index (Phi) is 5.70. The van der Waals surface area contributed by atoms with Gasteiger partial charge in [0.2, 0.25) is 11.8 Å². The molecule has 30 heavy (non-hydrogen) atoms. The van der Waals surface area contributed by atoms with Gasteiger partial charge in [0.15, 0.2) is 5.25 Å². The molecule has 4 rings (SSSR count). The molecule has 0 unspecified atom stereocenters. The summed E-state index contributed by atoms with van der Waals surface area (Å²) in [6, 6.07) is 7.71. The molecule has 2 aromatic rings. The van der Waals surface area contributed by atoms with Gasteiger partial charge in [0.25, 0.3) is 10.0 Å². The fraction of sp³-hybridized carbons (Fsp3) is 0.350. The minimum Gasteiger partial charge on any atom is -0.341 e. The Morgan fingerprint density at radius 2 is 2.03 bits per heavy atom. The molecule has 1 saturated heterocycles. The van der Waals surface area contributed by atoms with Gasteiger partial charge in [-0.25, -0.2) is 8.42 Å². The molecule has 1 atom stereocenters. The molecule has 2 aliphatic rings. The molecule has 0 radical (unpaired) electrons. The van der Waals surface area contributed by atoms with Crippen molar-refractivity contribution in [2.45, 2.75) is 34.8 Å². The molecule has 3 heterocycles. The Balaban J connectivity index is 1.52. The molecule has 0 spiro atoms. The highest BCUT2D eigenvalue weighted by Gasteiger charge is 2.37. The summed E-state index contributed by atoms with van der Waals surface area (Å²) in [6.45, 7) is 3.48. The second-order valence-corrected chi connectivity index (χ2v) is 10.3. The van der Waals surface area contributed by atoms with Crippen LogP contribution >= 0.6 is 11.8 Å². The highest BCUT2D eigenvalue weighted by molar-refractivity contribution is 8.01. The summed E-state index contributed by atoms with van der Waals surface area (Å²) in [4.78, 5) is 31.8. The molecule has 2 amide bonds. The summed E-state index contributed by atoms with van der Waals surface area (Å²) in [7, 11) is -3.84. The van der Waals surface area contributed by atoms with E-state index in [4.69, 9.17) is 0 Å². The molecule has 8 nitrogen and oxygen atoms in total. The summed E-state index contributed by atoms with van der Waals surface area (Å²) in [5, 5.41) is 1.84. The lowest BCUT2D eigenvalue weighted by Gasteiger charge is -2.33. The van der Waals surface area contributed by atoms with Crippen molar-refractivity contribution in [1.29, 1.82) is 0 Å². The molecule has 1 fully saturated rings. The Morgan fingerprint density at radius 1 is 1.27 bits per heavy atom. The maximum absolute atomic E-state index is 12.8. The highest BCUT2D eigenvalue weighted by Crippen LogP contribution is 2.38. The zero-order valence-electron chi connectivity index (χ0n) is 16.4. The molecular weight excluding hydrogens is 424 g/mol. The lowest BCUT2D eigenvalue weighted by molar-refractivity contribution is -0.135. The van der Waals surface area contributed by atoms with Gasteiger partial charge in [-0.15, -0.1) is 11.8 Å². The summed E-state index contributed by atoms with van der Waals surface area (Å²) in [5.74, 6) is -0.0286. The van der Waals surface area contributed by atoms with Crippen LogP contribution < -0.4 is 10.0 Å². The van der Waals surface area contributed by atoms with E-state index in [9.17, 15) is 18.0 Å². The van der Waals surface area contributed by atoms with Crippen molar-refractivity contribution in [3.05, 3.63) is 42.7 Å². The second-order valence-electron chi connectivity index (χ2n) is 7.50. The van der Waals surface area contributed by atoms with E-state index in [0.717, 1.165) is 24.6 Å². The number of benzene rings is 1. The van der Waals surface area contributed by atoms with Crippen molar-refractivity contribution in [1.82, 2.24) is 9.88 Å². The predicted octanol–water partition coefficient (Wildman–Crippen LogP) is 2.55. The van der Waals surface area contributed by atoms with Gasteiger partial charge in [-0.05, 0) is 49.1 Å². The maximum Gasteiger partial charge on any atom is 0.262 e. The molecule has 158 valence electrons. The standard InChI is InChI=1S/C20H22N4O4S2/c1-13-6-9-24(10-7-13)20(26)18-19(25)22-16-11-15(4-5-17(16)29-18)30(27,28)23-14-3-2-8-21-12-14/h2-5,8,11-13,18,23H,6-7,9-10H2,1H3,(H,22,25)/t18-/m0/s1. The molecule has 2 N–H and O–H groups in total. The van der Waals surface area contributed by atoms with E-state index in [2.05, 4.69) is 21.9 Å². The Bertz CT molecular complexity index is 1070. The summed E-state index contributed by atoms with van der Waals surface area (Å²) in [6.07, 6.45) is 4.83. The van der Waals surface area contributed by atoms with Crippen molar-refractivity contribution in [3.63, 3.8) is 0 Å². The SMILES string of the molecule is CC1CCN(C(=O)[C@H]2Sc3ccc(S(=O)(=O)Nc4cccnc4)cc3NC2=O)CC1. The van der Waals surface area contributed by atoms with Crippen LogP contribution in [0.5, 0.6) is 0 Å². The van der Waals surface area contributed by atoms with Gasteiger partial charge in [-0.2, -0.15) is 0 Å². The van der Waals surface area contributed by atoms with Crippen molar-refractivity contribution >= 4 is 45.0 Å². The molecule has 2 aliphatic heterocycles. The largest absolute Gasteiger partial charge is 0.341 e. The second kappa shape index (κ2) is 8.27. The normalized spacial score (nSPS) is 19.7. The number of piperidine rings is 1. The minimum absolute atomic E-state index is 0.0146. The Labute approximate surface area is 179 Å². The molecule has 1 aromatic heterocycles. The number of nitrogens with zero attached hydrogens (tertiary/aromatic N) is 2. The van der Waals surface area contributed by atoms with Crippen LogP contribution in [0.15, 0.2) is 52.5 Å². The first-order chi connectivity index (χ1) is 14.3. The van der Waals surface area contributed by atoms with E-state index >= 15 is 0 Å². The number of rotatable bonds is 4. The first kappa shape index (κ1) is 20.7. The number of anilines is 2. The van der Waals surface area contributed by atoms with Crippen molar-refractivity contribution in [2.75, 3.05) is 23.1 Å². The van der Waals surface area contributed by atoms with Gasteiger partial charge in [0, 0.05) is 24.2 Å². The van der Waals surface area contributed by atoms with Crippen LogP contribution in [0, 0.1) is 5.92 Å². The fourth-order valence-electron chi connectivity index (χ4n) is 3.45. The van der Waals surface area contributed by atoms with Crippen LogP contribution in [-0.4, -0.2) is 48.5 Å². The number of carbonyl (C=O) groups excluding carboxylic acids is 2.